The van der Waals surface area contributed by atoms with Gasteiger partial charge >= 0.3 is 6.03 Å². The van der Waals surface area contributed by atoms with Crippen molar-refractivity contribution in [2.75, 3.05) is 38.6 Å². The number of benzene rings is 2. The summed E-state index contributed by atoms with van der Waals surface area (Å²) >= 11 is 0. The van der Waals surface area contributed by atoms with E-state index < -0.39 is 6.03 Å². The quantitative estimate of drug-likeness (QED) is 0.819. The van der Waals surface area contributed by atoms with Crippen molar-refractivity contribution >= 4 is 17.6 Å². The molecule has 1 aliphatic rings. The molecule has 1 fully saturated rings. The molecule has 2 aromatic rings. The van der Waals surface area contributed by atoms with Gasteiger partial charge in [-0.1, -0.05) is 30.3 Å². The van der Waals surface area contributed by atoms with Gasteiger partial charge in [0.05, 0.1) is 0 Å². The van der Waals surface area contributed by atoms with Crippen molar-refractivity contribution in [2.24, 2.45) is 5.73 Å². The molecule has 0 atom stereocenters. The molecule has 0 saturated carbocycles. The van der Waals surface area contributed by atoms with Gasteiger partial charge in [-0.2, -0.15) is 0 Å². The van der Waals surface area contributed by atoms with Crippen LogP contribution in [0.3, 0.4) is 0 Å². The van der Waals surface area contributed by atoms with Crippen LogP contribution in [0.15, 0.2) is 54.6 Å². The average molecular weight is 395 g/mol. The Balaban J connectivity index is 1.49. The van der Waals surface area contributed by atoms with Gasteiger partial charge in [0.25, 0.3) is 5.91 Å². The number of nitrogens with zero attached hydrogens (tertiary/aromatic N) is 3. The first-order valence-corrected chi connectivity index (χ1v) is 10.1. The Kier molecular flexibility index (Phi) is 6.88. The lowest BCUT2D eigenvalue weighted by Crippen LogP contribution is -2.46. The van der Waals surface area contributed by atoms with E-state index in [0.717, 1.165) is 38.9 Å². The zero-order chi connectivity index (χ0) is 20.8. The number of anilines is 1. The van der Waals surface area contributed by atoms with Crippen LogP contribution in [0, 0.1) is 0 Å². The number of hydrogen-bond donors (Lipinski definition) is 1. The SMILES string of the molecule is CN(C(N)=O)c1ccc(C(=O)N2CCC(N(C)CCc3ccccc3)CC2)cc1. The first-order chi connectivity index (χ1) is 14.0. The number of likely N-dealkylation sites (tertiary alicyclic amines) is 1. The lowest BCUT2D eigenvalue weighted by Gasteiger charge is -2.37. The third kappa shape index (κ3) is 5.35. The smallest absolute Gasteiger partial charge is 0.318 e. The Hall–Kier alpha value is -2.86. The number of carbonyl (C=O) groups is 2. The highest BCUT2D eigenvalue weighted by Crippen LogP contribution is 2.20. The van der Waals surface area contributed by atoms with Gasteiger partial charge in [-0.15, -0.1) is 0 Å². The zero-order valence-electron chi connectivity index (χ0n) is 17.3. The minimum absolute atomic E-state index is 0.0451. The van der Waals surface area contributed by atoms with Crippen LogP contribution in [0.2, 0.25) is 0 Å². The second-order valence-electron chi connectivity index (χ2n) is 7.68. The summed E-state index contributed by atoms with van der Waals surface area (Å²) in [6.07, 6.45) is 3.02. The van der Waals surface area contributed by atoms with Crippen molar-refractivity contribution in [1.29, 1.82) is 0 Å². The van der Waals surface area contributed by atoms with Gasteiger partial charge in [0.1, 0.15) is 0 Å². The summed E-state index contributed by atoms with van der Waals surface area (Å²) in [5, 5.41) is 0. The van der Waals surface area contributed by atoms with E-state index in [9.17, 15) is 9.59 Å². The third-order valence-electron chi connectivity index (χ3n) is 5.80. The molecule has 3 amide bonds. The number of rotatable bonds is 6. The van der Waals surface area contributed by atoms with Gasteiger partial charge in [0.2, 0.25) is 0 Å². The molecule has 0 bridgehead atoms. The Morgan fingerprint density at radius 1 is 1.00 bits per heavy atom. The van der Waals surface area contributed by atoms with E-state index in [1.807, 2.05) is 11.0 Å². The summed E-state index contributed by atoms with van der Waals surface area (Å²) in [4.78, 5) is 29.8. The monoisotopic (exact) mass is 394 g/mol. The van der Waals surface area contributed by atoms with Crippen LogP contribution < -0.4 is 10.6 Å². The molecule has 1 aliphatic heterocycles. The maximum absolute atomic E-state index is 12.8. The van der Waals surface area contributed by atoms with E-state index in [2.05, 4.69) is 36.2 Å². The van der Waals surface area contributed by atoms with Gasteiger partial charge in [-0.05, 0) is 56.1 Å². The predicted molar refractivity (Wildman–Crippen MR) is 116 cm³/mol. The number of nitrogens with two attached hydrogens (primary N) is 1. The standard InChI is InChI=1S/C23H30N4O2/c1-25(15-12-18-6-4-3-5-7-18)20-13-16-27(17-14-20)22(28)19-8-10-21(11-9-19)26(2)23(24)29/h3-11,20H,12-17H2,1-2H3,(H2,24,29). The summed E-state index contributed by atoms with van der Waals surface area (Å²) in [6.45, 7) is 2.56. The number of likely N-dealkylation sites (N-methyl/N-ethyl adjacent to an activating group) is 1. The topological polar surface area (TPSA) is 69.9 Å². The highest BCUT2D eigenvalue weighted by Gasteiger charge is 2.25. The van der Waals surface area contributed by atoms with E-state index in [1.54, 1.807) is 31.3 Å². The van der Waals surface area contributed by atoms with Crippen LogP contribution >= 0.6 is 0 Å². The van der Waals surface area contributed by atoms with E-state index in [0.29, 0.717) is 17.3 Å². The van der Waals surface area contributed by atoms with Crippen molar-refractivity contribution in [1.82, 2.24) is 9.80 Å². The average Bonchev–Trinajstić information content (AvgIpc) is 2.77. The van der Waals surface area contributed by atoms with Crippen molar-refractivity contribution in [3.63, 3.8) is 0 Å². The molecule has 2 N–H and O–H groups in total. The van der Waals surface area contributed by atoms with Gasteiger partial charge < -0.3 is 15.5 Å². The molecule has 0 aliphatic carbocycles. The summed E-state index contributed by atoms with van der Waals surface area (Å²) in [7, 11) is 3.79. The molecule has 3 rings (SSSR count). The Morgan fingerprint density at radius 2 is 1.62 bits per heavy atom. The summed E-state index contributed by atoms with van der Waals surface area (Å²) < 4.78 is 0. The molecule has 6 nitrogen and oxygen atoms in total. The van der Waals surface area contributed by atoms with Crippen LogP contribution in [-0.2, 0) is 6.42 Å². The van der Waals surface area contributed by atoms with Crippen LogP contribution in [-0.4, -0.2) is 61.5 Å². The van der Waals surface area contributed by atoms with E-state index in [4.69, 9.17) is 5.73 Å². The first kappa shape index (κ1) is 20.9. The fourth-order valence-electron chi connectivity index (χ4n) is 3.78. The normalized spacial score (nSPS) is 14.8. The fourth-order valence-corrected chi connectivity index (χ4v) is 3.78. The highest BCUT2D eigenvalue weighted by atomic mass is 16.2. The van der Waals surface area contributed by atoms with Crippen LogP contribution in [0.5, 0.6) is 0 Å². The van der Waals surface area contributed by atoms with E-state index in [1.165, 1.54) is 10.5 Å². The lowest BCUT2D eigenvalue weighted by molar-refractivity contribution is 0.0647. The Labute approximate surface area is 172 Å². The Morgan fingerprint density at radius 3 is 2.21 bits per heavy atom. The third-order valence-corrected chi connectivity index (χ3v) is 5.80. The molecular weight excluding hydrogens is 364 g/mol. The molecular formula is C23H30N4O2. The zero-order valence-corrected chi connectivity index (χ0v) is 17.3. The molecule has 154 valence electrons. The highest BCUT2D eigenvalue weighted by molar-refractivity contribution is 5.95. The first-order valence-electron chi connectivity index (χ1n) is 10.1. The van der Waals surface area contributed by atoms with Gasteiger partial charge in [0.15, 0.2) is 0 Å². The summed E-state index contributed by atoms with van der Waals surface area (Å²) in [5.41, 5.74) is 7.96. The maximum Gasteiger partial charge on any atom is 0.318 e. The second-order valence-corrected chi connectivity index (χ2v) is 7.68. The predicted octanol–water partition coefficient (Wildman–Crippen LogP) is 2.98. The van der Waals surface area contributed by atoms with Crippen molar-refractivity contribution in [3.05, 3.63) is 65.7 Å². The molecule has 1 saturated heterocycles. The minimum atomic E-state index is -0.525. The lowest BCUT2D eigenvalue weighted by atomic mass is 10.0. The van der Waals surface area contributed by atoms with Crippen LogP contribution in [0.1, 0.15) is 28.8 Å². The number of hydrogen-bond acceptors (Lipinski definition) is 3. The molecule has 6 heteroatoms. The summed E-state index contributed by atoms with van der Waals surface area (Å²) in [5.74, 6) is 0.0451. The molecule has 0 spiro atoms. The van der Waals surface area contributed by atoms with Crippen molar-refractivity contribution in [3.8, 4) is 0 Å². The number of piperidine rings is 1. The number of amides is 3. The minimum Gasteiger partial charge on any atom is -0.351 e. The molecule has 1 heterocycles. The molecule has 0 unspecified atom stereocenters. The van der Waals surface area contributed by atoms with Gasteiger partial charge in [-0.3, -0.25) is 9.69 Å². The number of primary amides is 1. The van der Waals surface area contributed by atoms with Crippen LogP contribution in [0.4, 0.5) is 10.5 Å². The van der Waals surface area contributed by atoms with Gasteiger partial charge in [-0.25, -0.2) is 4.79 Å². The van der Waals surface area contributed by atoms with E-state index in [-0.39, 0.29) is 5.91 Å². The van der Waals surface area contributed by atoms with Crippen LogP contribution in [0.25, 0.3) is 0 Å². The van der Waals surface area contributed by atoms with Crippen molar-refractivity contribution in [2.45, 2.75) is 25.3 Å². The number of carbonyl (C=O) groups excluding carboxylic acids is 2. The largest absolute Gasteiger partial charge is 0.351 e. The summed E-state index contributed by atoms with van der Waals surface area (Å²) in [6, 6.07) is 17.5. The molecule has 2 aromatic carbocycles. The van der Waals surface area contributed by atoms with E-state index >= 15 is 0 Å². The fraction of sp³-hybridized carbons (Fsp3) is 0.391. The maximum atomic E-state index is 12.8. The van der Waals surface area contributed by atoms with Crippen molar-refractivity contribution < 1.29 is 9.59 Å². The number of urea groups is 1. The molecule has 29 heavy (non-hydrogen) atoms. The molecule has 0 radical (unpaired) electrons. The Bertz CT molecular complexity index is 815. The second kappa shape index (κ2) is 9.56. The van der Waals surface area contributed by atoms with Gasteiger partial charge in [0, 0.05) is 44.0 Å². The molecule has 0 aromatic heterocycles.